The Morgan fingerprint density at radius 1 is 1.33 bits per heavy atom. The average molecular weight is 312 g/mol. The van der Waals surface area contributed by atoms with Crippen LogP contribution in [0.3, 0.4) is 0 Å². The van der Waals surface area contributed by atoms with E-state index in [0.29, 0.717) is 6.42 Å². The number of carbonyl (C=O) groups is 2. The fraction of sp³-hybridized carbons (Fsp3) is 0.385. The van der Waals surface area contributed by atoms with Gasteiger partial charge in [-0.05, 0) is 31.0 Å². The molecule has 1 aromatic carbocycles. The van der Waals surface area contributed by atoms with Crippen LogP contribution in [0, 0.1) is 11.8 Å². The molecular weight excluding hydrogens is 298 g/mol. The molecule has 0 bridgehead atoms. The maximum Gasteiger partial charge on any atom is 0.307 e. The second-order valence-electron chi connectivity index (χ2n) is 4.57. The van der Waals surface area contributed by atoms with Gasteiger partial charge in [-0.2, -0.15) is 0 Å². The minimum atomic E-state index is -0.883. The van der Waals surface area contributed by atoms with Crippen LogP contribution in [-0.4, -0.2) is 17.0 Å². The monoisotopic (exact) mass is 311 g/mol. The van der Waals surface area contributed by atoms with Crippen molar-refractivity contribution in [3.8, 4) is 0 Å². The Bertz CT molecular complexity index is 472. The first kappa shape index (κ1) is 13.1. The number of rotatable bonds is 4. The smallest absolute Gasteiger partial charge is 0.307 e. The average Bonchev–Trinajstić information content (AvgIpc) is 3.09. The van der Waals surface area contributed by atoms with Gasteiger partial charge in [0.2, 0.25) is 5.91 Å². The van der Waals surface area contributed by atoms with Crippen LogP contribution in [0.15, 0.2) is 28.7 Å². The predicted octanol–water partition coefficient (Wildman–Crippen LogP) is 2.35. The van der Waals surface area contributed by atoms with Crippen molar-refractivity contribution in [3.05, 3.63) is 34.3 Å². The molecule has 0 saturated heterocycles. The Morgan fingerprint density at radius 2 is 1.94 bits per heavy atom. The second-order valence-corrected chi connectivity index (χ2v) is 5.48. The molecule has 3 atom stereocenters. The van der Waals surface area contributed by atoms with E-state index >= 15 is 0 Å². The van der Waals surface area contributed by atoms with Crippen LogP contribution in [0.4, 0.5) is 0 Å². The summed E-state index contributed by atoms with van der Waals surface area (Å²) in [5.41, 5.74) is 0.999. The highest BCUT2D eigenvalue weighted by molar-refractivity contribution is 9.10. The van der Waals surface area contributed by atoms with Crippen LogP contribution < -0.4 is 5.32 Å². The van der Waals surface area contributed by atoms with Crippen molar-refractivity contribution in [2.24, 2.45) is 11.8 Å². The molecule has 96 valence electrons. The molecule has 1 aromatic rings. The Kier molecular flexibility index (Phi) is 3.71. The quantitative estimate of drug-likeness (QED) is 0.897. The third-order valence-electron chi connectivity index (χ3n) is 3.17. The standard InChI is InChI=1S/C13H14BrNO3/c1-7(8-2-4-9(14)5-3-8)15-12(16)10-6-11(10)13(17)18/h2-5,7,10-11H,6H2,1H3,(H,15,16)(H,17,18)/t7-,10+,11-/m0/s1. The van der Waals surface area contributed by atoms with Crippen LogP contribution in [0.1, 0.15) is 24.9 Å². The first-order valence-corrected chi connectivity index (χ1v) is 6.57. The third kappa shape index (κ3) is 2.90. The van der Waals surface area contributed by atoms with E-state index in [2.05, 4.69) is 21.2 Å². The van der Waals surface area contributed by atoms with Gasteiger partial charge in [0.15, 0.2) is 0 Å². The molecule has 0 heterocycles. The van der Waals surface area contributed by atoms with Crippen LogP contribution in [-0.2, 0) is 9.59 Å². The van der Waals surface area contributed by atoms with Gasteiger partial charge >= 0.3 is 5.97 Å². The zero-order valence-electron chi connectivity index (χ0n) is 9.89. The van der Waals surface area contributed by atoms with E-state index in [9.17, 15) is 9.59 Å². The molecule has 1 fully saturated rings. The molecule has 1 aliphatic carbocycles. The van der Waals surface area contributed by atoms with Crippen molar-refractivity contribution in [2.75, 3.05) is 0 Å². The van der Waals surface area contributed by atoms with E-state index in [1.807, 2.05) is 31.2 Å². The molecule has 0 unspecified atom stereocenters. The van der Waals surface area contributed by atoms with Crippen LogP contribution in [0.5, 0.6) is 0 Å². The molecule has 0 radical (unpaired) electrons. The van der Waals surface area contributed by atoms with Gasteiger partial charge in [0.25, 0.3) is 0 Å². The van der Waals surface area contributed by atoms with Crippen molar-refractivity contribution in [1.29, 1.82) is 0 Å². The van der Waals surface area contributed by atoms with Gasteiger partial charge in [-0.1, -0.05) is 28.1 Å². The summed E-state index contributed by atoms with van der Waals surface area (Å²) in [6.07, 6.45) is 0.453. The van der Waals surface area contributed by atoms with Gasteiger partial charge in [0, 0.05) is 4.47 Å². The molecular formula is C13H14BrNO3. The molecule has 4 nitrogen and oxygen atoms in total. The topological polar surface area (TPSA) is 66.4 Å². The van der Waals surface area contributed by atoms with Gasteiger partial charge in [0.05, 0.1) is 17.9 Å². The van der Waals surface area contributed by atoms with E-state index in [-0.39, 0.29) is 17.9 Å². The van der Waals surface area contributed by atoms with E-state index in [4.69, 9.17) is 5.11 Å². The lowest BCUT2D eigenvalue weighted by Crippen LogP contribution is -2.29. The molecule has 18 heavy (non-hydrogen) atoms. The minimum Gasteiger partial charge on any atom is -0.481 e. The zero-order chi connectivity index (χ0) is 13.3. The molecule has 5 heteroatoms. The highest BCUT2D eigenvalue weighted by atomic mass is 79.9. The summed E-state index contributed by atoms with van der Waals surface area (Å²) in [7, 11) is 0. The molecule has 2 N–H and O–H groups in total. The van der Waals surface area contributed by atoms with E-state index in [1.54, 1.807) is 0 Å². The summed E-state index contributed by atoms with van der Waals surface area (Å²) >= 11 is 3.35. The van der Waals surface area contributed by atoms with Crippen LogP contribution >= 0.6 is 15.9 Å². The summed E-state index contributed by atoms with van der Waals surface area (Å²) in [5, 5.41) is 11.6. The summed E-state index contributed by atoms with van der Waals surface area (Å²) in [5.74, 6) is -1.91. The summed E-state index contributed by atoms with van der Waals surface area (Å²) < 4.78 is 0.984. The number of hydrogen-bond acceptors (Lipinski definition) is 2. The minimum absolute atomic E-state index is 0.111. The Balaban J connectivity index is 1.92. The van der Waals surface area contributed by atoms with E-state index in [0.717, 1.165) is 10.0 Å². The van der Waals surface area contributed by atoms with Gasteiger partial charge < -0.3 is 10.4 Å². The lowest BCUT2D eigenvalue weighted by molar-refractivity contribution is -0.140. The summed E-state index contributed by atoms with van der Waals surface area (Å²) in [4.78, 5) is 22.5. The number of benzene rings is 1. The predicted molar refractivity (Wildman–Crippen MR) is 69.9 cm³/mol. The third-order valence-corrected chi connectivity index (χ3v) is 3.70. The van der Waals surface area contributed by atoms with Crippen LogP contribution in [0.2, 0.25) is 0 Å². The Labute approximate surface area is 114 Å². The molecule has 1 amide bonds. The molecule has 0 aromatic heterocycles. The molecule has 2 rings (SSSR count). The fourth-order valence-electron chi connectivity index (χ4n) is 1.91. The molecule has 1 saturated carbocycles. The number of carboxylic acid groups (broad SMARTS) is 1. The number of carbonyl (C=O) groups excluding carboxylic acids is 1. The largest absolute Gasteiger partial charge is 0.481 e. The number of amides is 1. The zero-order valence-corrected chi connectivity index (χ0v) is 11.5. The molecule has 0 aliphatic heterocycles. The van der Waals surface area contributed by atoms with Gasteiger partial charge in [-0.25, -0.2) is 0 Å². The Morgan fingerprint density at radius 3 is 2.44 bits per heavy atom. The molecule has 1 aliphatic rings. The summed E-state index contributed by atoms with van der Waals surface area (Å²) in [6.45, 7) is 1.89. The normalized spacial score (nSPS) is 23.2. The number of halogens is 1. The number of aliphatic carboxylic acids is 1. The SMILES string of the molecule is C[C@H](NC(=O)[C@@H]1C[C@@H]1C(=O)O)c1ccc(Br)cc1. The van der Waals surface area contributed by atoms with Crippen LogP contribution in [0.25, 0.3) is 0 Å². The van der Waals surface area contributed by atoms with Gasteiger partial charge in [-0.3, -0.25) is 9.59 Å². The maximum absolute atomic E-state index is 11.8. The lowest BCUT2D eigenvalue weighted by Gasteiger charge is -2.14. The van der Waals surface area contributed by atoms with Crippen molar-refractivity contribution < 1.29 is 14.7 Å². The maximum atomic E-state index is 11.8. The molecule has 0 spiro atoms. The van der Waals surface area contributed by atoms with Crippen molar-refractivity contribution in [2.45, 2.75) is 19.4 Å². The number of hydrogen-bond donors (Lipinski definition) is 2. The highest BCUT2D eigenvalue weighted by Gasteiger charge is 2.48. The van der Waals surface area contributed by atoms with Gasteiger partial charge in [-0.15, -0.1) is 0 Å². The lowest BCUT2D eigenvalue weighted by atomic mass is 10.1. The second kappa shape index (κ2) is 5.10. The van der Waals surface area contributed by atoms with Crippen molar-refractivity contribution in [3.63, 3.8) is 0 Å². The van der Waals surface area contributed by atoms with Gasteiger partial charge in [0.1, 0.15) is 0 Å². The highest BCUT2D eigenvalue weighted by Crippen LogP contribution is 2.39. The number of nitrogens with one attached hydrogen (secondary N) is 1. The first-order valence-electron chi connectivity index (χ1n) is 5.77. The van der Waals surface area contributed by atoms with E-state index < -0.39 is 11.9 Å². The van der Waals surface area contributed by atoms with Crippen molar-refractivity contribution in [1.82, 2.24) is 5.32 Å². The van der Waals surface area contributed by atoms with E-state index in [1.165, 1.54) is 0 Å². The fourth-order valence-corrected chi connectivity index (χ4v) is 2.18. The summed E-state index contributed by atoms with van der Waals surface area (Å²) in [6, 6.07) is 7.57. The number of carboxylic acids is 1. The Hall–Kier alpha value is -1.36. The first-order chi connectivity index (χ1) is 8.49. The van der Waals surface area contributed by atoms with Crippen molar-refractivity contribution >= 4 is 27.8 Å².